The fraction of sp³-hybridized carbons (Fsp3) is 0.455. The van der Waals surface area contributed by atoms with E-state index >= 15 is 0 Å². The smallest absolute Gasteiger partial charge is 0.234 e. The number of pyridine rings is 1. The van der Waals surface area contributed by atoms with E-state index in [1.54, 1.807) is 6.20 Å². The highest BCUT2D eigenvalue weighted by Gasteiger charge is 2.29. The molecule has 1 aliphatic heterocycles. The molecule has 2 rings (SSSR count). The summed E-state index contributed by atoms with van der Waals surface area (Å²) in [5, 5.41) is 3.03. The Hall–Kier alpha value is -1.62. The second-order valence-corrected chi connectivity index (χ2v) is 3.93. The summed E-state index contributed by atoms with van der Waals surface area (Å²) in [5.74, 6) is 0.438. The van der Waals surface area contributed by atoms with E-state index in [1.165, 1.54) is 0 Å². The Balaban J connectivity index is 1.97. The molecule has 86 valence electrons. The monoisotopic (exact) mass is 221 g/mol. The third kappa shape index (κ3) is 2.30. The molecule has 0 unspecified atom stereocenters. The molecular formula is C11H15N3O2. The summed E-state index contributed by atoms with van der Waals surface area (Å²) < 4.78 is 5.75. The van der Waals surface area contributed by atoms with E-state index in [9.17, 15) is 4.79 Å². The van der Waals surface area contributed by atoms with E-state index in [0.29, 0.717) is 13.0 Å². The van der Waals surface area contributed by atoms with Gasteiger partial charge in [-0.2, -0.15) is 0 Å². The van der Waals surface area contributed by atoms with Crippen molar-refractivity contribution in [1.29, 1.82) is 0 Å². The standard InChI is InChI=1S/C11H15N3O2/c1-7-10(3-2-4-13-7)16-8-5-9(11(12)15)14-6-8/h2-4,8-9,14H,5-6H2,1H3,(H2,12,15)/t8-,9-/m0/s1. The van der Waals surface area contributed by atoms with Crippen molar-refractivity contribution in [1.82, 2.24) is 10.3 Å². The molecule has 1 fully saturated rings. The van der Waals surface area contributed by atoms with Crippen molar-refractivity contribution in [2.45, 2.75) is 25.5 Å². The molecule has 5 nitrogen and oxygen atoms in total. The van der Waals surface area contributed by atoms with E-state index in [0.717, 1.165) is 11.4 Å². The Labute approximate surface area is 94.0 Å². The van der Waals surface area contributed by atoms with Gasteiger partial charge in [-0.1, -0.05) is 0 Å². The number of nitrogens with two attached hydrogens (primary N) is 1. The maximum Gasteiger partial charge on any atom is 0.234 e. The molecule has 1 amide bonds. The minimum Gasteiger partial charge on any atom is -0.487 e. The van der Waals surface area contributed by atoms with E-state index < -0.39 is 0 Å². The van der Waals surface area contributed by atoms with Crippen LogP contribution in [0.15, 0.2) is 18.3 Å². The van der Waals surface area contributed by atoms with Crippen LogP contribution in [-0.2, 0) is 4.79 Å². The molecule has 3 N–H and O–H groups in total. The summed E-state index contributed by atoms with van der Waals surface area (Å²) in [6, 6.07) is 3.43. The van der Waals surface area contributed by atoms with Crippen molar-refractivity contribution in [3.8, 4) is 5.75 Å². The van der Waals surface area contributed by atoms with Crippen molar-refractivity contribution in [3.63, 3.8) is 0 Å². The first-order valence-electron chi connectivity index (χ1n) is 5.28. The van der Waals surface area contributed by atoms with Gasteiger partial charge in [0.2, 0.25) is 5.91 Å². The van der Waals surface area contributed by atoms with E-state index in [1.807, 2.05) is 19.1 Å². The normalized spacial score (nSPS) is 24.3. The maximum atomic E-state index is 11.0. The molecule has 0 aliphatic carbocycles. The molecule has 0 saturated carbocycles. The van der Waals surface area contributed by atoms with Gasteiger partial charge >= 0.3 is 0 Å². The first kappa shape index (κ1) is 10.9. The largest absolute Gasteiger partial charge is 0.487 e. The van der Waals surface area contributed by atoms with Gasteiger partial charge in [0.15, 0.2) is 0 Å². The fourth-order valence-corrected chi connectivity index (χ4v) is 1.78. The summed E-state index contributed by atoms with van der Waals surface area (Å²) in [5.41, 5.74) is 6.07. The molecule has 0 radical (unpaired) electrons. The molecule has 0 aromatic carbocycles. The Kier molecular flexibility index (Phi) is 3.05. The molecule has 1 aromatic heterocycles. The van der Waals surface area contributed by atoms with Crippen molar-refractivity contribution in [3.05, 3.63) is 24.0 Å². The molecule has 1 saturated heterocycles. The number of amides is 1. The van der Waals surface area contributed by atoms with Crippen molar-refractivity contribution >= 4 is 5.91 Å². The number of carbonyl (C=O) groups is 1. The van der Waals surface area contributed by atoms with Crippen LogP contribution in [0.3, 0.4) is 0 Å². The van der Waals surface area contributed by atoms with Gasteiger partial charge in [0.05, 0.1) is 11.7 Å². The van der Waals surface area contributed by atoms with Gasteiger partial charge in [-0.05, 0) is 19.1 Å². The number of nitrogens with one attached hydrogen (secondary N) is 1. The second-order valence-electron chi connectivity index (χ2n) is 3.93. The van der Waals surface area contributed by atoms with Crippen LogP contribution >= 0.6 is 0 Å². The van der Waals surface area contributed by atoms with E-state index in [4.69, 9.17) is 10.5 Å². The van der Waals surface area contributed by atoms with E-state index in [-0.39, 0.29) is 18.1 Å². The summed E-state index contributed by atoms with van der Waals surface area (Å²) in [6.07, 6.45) is 2.32. The summed E-state index contributed by atoms with van der Waals surface area (Å²) in [7, 11) is 0. The lowest BCUT2D eigenvalue weighted by Gasteiger charge is -2.13. The first-order chi connectivity index (χ1) is 7.66. The molecule has 0 bridgehead atoms. The number of hydrogen-bond donors (Lipinski definition) is 2. The summed E-state index contributed by atoms with van der Waals surface area (Å²) in [4.78, 5) is 15.1. The zero-order valence-corrected chi connectivity index (χ0v) is 9.14. The average molecular weight is 221 g/mol. The molecule has 5 heteroatoms. The molecule has 1 aromatic rings. The Bertz CT molecular complexity index is 395. The highest BCUT2D eigenvalue weighted by Crippen LogP contribution is 2.19. The lowest BCUT2D eigenvalue weighted by Crippen LogP contribution is -2.36. The fourth-order valence-electron chi connectivity index (χ4n) is 1.78. The molecular weight excluding hydrogens is 206 g/mol. The summed E-state index contributed by atoms with van der Waals surface area (Å²) >= 11 is 0. The predicted octanol–water partition coefficient (Wildman–Crippen LogP) is -0.0154. The van der Waals surface area contributed by atoms with Crippen LogP contribution in [0.25, 0.3) is 0 Å². The van der Waals surface area contributed by atoms with Gasteiger partial charge in [-0.25, -0.2) is 0 Å². The third-order valence-corrected chi connectivity index (χ3v) is 2.69. The van der Waals surface area contributed by atoms with Crippen LogP contribution < -0.4 is 15.8 Å². The molecule has 2 atom stereocenters. The third-order valence-electron chi connectivity index (χ3n) is 2.69. The van der Waals surface area contributed by atoms with Crippen LogP contribution in [0.5, 0.6) is 5.75 Å². The van der Waals surface area contributed by atoms with Gasteiger partial charge in [-0.15, -0.1) is 0 Å². The van der Waals surface area contributed by atoms with Gasteiger partial charge < -0.3 is 15.8 Å². The second kappa shape index (κ2) is 4.49. The molecule has 2 heterocycles. The number of nitrogens with zero attached hydrogens (tertiary/aromatic N) is 1. The summed E-state index contributed by atoms with van der Waals surface area (Å²) in [6.45, 7) is 2.53. The first-order valence-corrected chi connectivity index (χ1v) is 5.28. The van der Waals surface area contributed by atoms with Crippen molar-refractivity contribution in [2.75, 3.05) is 6.54 Å². The van der Waals surface area contributed by atoms with Crippen LogP contribution in [0.2, 0.25) is 0 Å². The number of aryl methyl sites for hydroxylation is 1. The highest BCUT2D eigenvalue weighted by atomic mass is 16.5. The predicted molar refractivity (Wildman–Crippen MR) is 59.0 cm³/mol. The van der Waals surface area contributed by atoms with Crippen molar-refractivity contribution < 1.29 is 9.53 Å². The minimum absolute atomic E-state index is 0.0135. The average Bonchev–Trinajstić information content (AvgIpc) is 2.70. The number of rotatable bonds is 3. The topological polar surface area (TPSA) is 77.2 Å². The molecule has 1 aliphatic rings. The SMILES string of the molecule is Cc1ncccc1O[C@@H]1CN[C@H](C(N)=O)C1. The number of carbonyl (C=O) groups excluding carboxylic acids is 1. The van der Waals surface area contributed by atoms with Gasteiger partial charge in [0.25, 0.3) is 0 Å². The van der Waals surface area contributed by atoms with Crippen LogP contribution in [0.4, 0.5) is 0 Å². The number of primary amides is 1. The lowest BCUT2D eigenvalue weighted by atomic mass is 10.2. The zero-order valence-electron chi connectivity index (χ0n) is 9.14. The van der Waals surface area contributed by atoms with Crippen LogP contribution in [0, 0.1) is 6.92 Å². The molecule has 16 heavy (non-hydrogen) atoms. The van der Waals surface area contributed by atoms with Gasteiger partial charge in [0, 0.05) is 19.2 Å². The maximum absolute atomic E-state index is 11.0. The van der Waals surface area contributed by atoms with Gasteiger partial charge in [0.1, 0.15) is 11.9 Å². The Morgan fingerprint density at radius 1 is 1.69 bits per heavy atom. The van der Waals surface area contributed by atoms with Crippen molar-refractivity contribution in [2.24, 2.45) is 5.73 Å². The minimum atomic E-state index is -0.325. The zero-order chi connectivity index (χ0) is 11.5. The number of aromatic nitrogens is 1. The Morgan fingerprint density at radius 2 is 2.50 bits per heavy atom. The quantitative estimate of drug-likeness (QED) is 0.752. The van der Waals surface area contributed by atoms with Gasteiger partial charge in [-0.3, -0.25) is 9.78 Å². The Morgan fingerprint density at radius 3 is 3.12 bits per heavy atom. The lowest BCUT2D eigenvalue weighted by molar-refractivity contribution is -0.119. The van der Waals surface area contributed by atoms with Crippen LogP contribution in [-0.4, -0.2) is 29.6 Å². The number of hydrogen-bond acceptors (Lipinski definition) is 4. The highest BCUT2D eigenvalue weighted by molar-refractivity contribution is 5.80. The number of ether oxygens (including phenoxy) is 1. The van der Waals surface area contributed by atoms with E-state index in [2.05, 4.69) is 10.3 Å². The van der Waals surface area contributed by atoms with Crippen LogP contribution in [0.1, 0.15) is 12.1 Å². The molecule has 0 spiro atoms.